The first-order chi connectivity index (χ1) is 15.1. The van der Waals surface area contributed by atoms with E-state index in [4.69, 9.17) is 13.9 Å². The number of carbonyl (C=O) groups excluding carboxylic acids is 2. The van der Waals surface area contributed by atoms with E-state index in [1.54, 1.807) is 73.8 Å². The van der Waals surface area contributed by atoms with Crippen molar-refractivity contribution in [1.29, 1.82) is 0 Å². The minimum Gasteiger partial charge on any atom is -0.497 e. The highest BCUT2D eigenvalue weighted by molar-refractivity contribution is 6.10. The summed E-state index contributed by atoms with van der Waals surface area (Å²) in [4.78, 5) is 25.5. The van der Waals surface area contributed by atoms with Crippen molar-refractivity contribution in [2.45, 2.75) is 0 Å². The smallest absolute Gasteiger partial charge is 0.272 e. The normalized spacial score (nSPS) is 10.8. The maximum atomic E-state index is 12.9. The zero-order chi connectivity index (χ0) is 22.1. The molecule has 0 spiro atoms. The molecule has 3 aromatic rings. The molecule has 0 radical (unpaired) electrons. The van der Waals surface area contributed by atoms with Crippen molar-refractivity contribution in [3.05, 3.63) is 96.6 Å². The highest BCUT2D eigenvalue weighted by atomic mass is 16.5. The van der Waals surface area contributed by atoms with Crippen LogP contribution in [0.5, 0.6) is 11.5 Å². The van der Waals surface area contributed by atoms with E-state index in [0.717, 1.165) is 0 Å². The van der Waals surface area contributed by atoms with Gasteiger partial charge in [-0.3, -0.25) is 9.59 Å². The zero-order valence-electron chi connectivity index (χ0n) is 17.0. The number of methoxy groups -OCH3 is 1. The average molecular weight is 418 g/mol. The van der Waals surface area contributed by atoms with Crippen molar-refractivity contribution in [2.75, 3.05) is 19.0 Å². The van der Waals surface area contributed by atoms with Gasteiger partial charge >= 0.3 is 0 Å². The Morgan fingerprint density at radius 3 is 2.35 bits per heavy atom. The van der Waals surface area contributed by atoms with Gasteiger partial charge in [0, 0.05) is 17.3 Å². The second-order valence-electron chi connectivity index (χ2n) is 6.33. The van der Waals surface area contributed by atoms with Crippen molar-refractivity contribution in [1.82, 2.24) is 5.32 Å². The van der Waals surface area contributed by atoms with Gasteiger partial charge in [0.15, 0.2) is 0 Å². The molecule has 1 aromatic heterocycles. The molecule has 7 nitrogen and oxygen atoms in total. The number of carbonyl (C=O) groups is 2. The summed E-state index contributed by atoms with van der Waals surface area (Å²) in [5, 5.41) is 5.40. The third-order valence-electron chi connectivity index (χ3n) is 4.15. The van der Waals surface area contributed by atoms with E-state index < -0.39 is 11.8 Å². The molecule has 0 aliphatic carbocycles. The van der Waals surface area contributed by atoms with Crippen molar-refractivity contribution >= 4 is 23.6 Å². The second kappa shape index (κ2) is 10.5. The fourth-order valence-electron chi connectivity index (χ4n) is 2.60. The molecular formula is C24H22N2O5. The third-order valence-corrected chi connectivity index (χ3v) is 4.15. The van der Waals surface area contributed by atoms with Crippen LogP contribution in [-0.4, -0.2) is 25.5 Å². The van der Waals surface area contributed by atoms with E-state index in [1.807, 2.05) is 0 Å². The summed E-state index contributed by atoms with van der Waals surface area (Å²) in [6, 6.07) is 16.8. The largest absolute Gasteiger partial charge is 0.497 e. The standard InChI is InChI=1S/C24H22N2O5/c1-3-14-30-20-12-8-18(9-13-20)25-24(28)22(16-21-5-4-15-31-21)26-23(27)17-6-10-19(29-2)11-7-17/h3-13,15-16H,1,14H2,2H3,(H,25,28)(H,26,27)/b22-16-. The average Bonchev–Trinajstić information content (AvgIpc) is 3.31. The van der Waals surface area contributed by atoms with Gasteiger partial charge in [-0.1, -0.05) is 12.7 Å². The molecule has 0 saturated heterocycles. The van der Waals surface area contributed by atoms with Gasteiger partial charge < -0.3 is 24.5 Å². The Morgan fingerprint density at radius 1 is 1.03 bits per heavy atom. The van der Waals surface area contributed by atoms with Crippen molar-refractivity contribution in [3.63, 3.8) is 0 Å². The molecule has 2 amide bonds. The van der Waals surface area contributed by atoms with Gasteiger partial charge in [-0.05, 0) is 60.7 Å². The first-order valence-corrected chi connectivity index (χ1v) is 9.45. The highest BCUT2D eigenvalue weighted by Crippen LogP contribution is 2.17. The fraction of sp³-hybridized carbons (Fsp3) is 0.0833. The summed E-state index contributed by atoms with van der Waals surface area (Å²) in [7, 11) is 1.54. The predicted octanol–water partition coefficient (Wildman–Crippen LogP) is 4.26. The SMILES string of the molecule is C=CCOc1ccc(NC(=O)/C(=C/c2ccco2)NC(=O)c2ccc(OC)cc2)cc1. The van der Waals surface area contributed by atoms with Gasteiger partial charge in [0.1, 0.15) is 29.6 Å². The highest BCUT2D eigenvalue weighted by Gasteiger charge is 2.16. The topological polar surface area (TPSA) is 89.8 Å². The molecule has 0 bridgehead atoms. The number of nitrogens with one attached hydrogen (secondary N) is 2. The van der Waals surface area contributed by atoms with Gasteiger partial charge in [0.2, 0.25) is 0 Å². The van der Waals surface area contributed by atoms with Crippen LogP contribution in [0, 0.1) is 0 Å². The third kappa shape index (κ3) is 6.11. The van der Waals surface area contributed by atoms with Gasteiger partial charge in [-0.2, -0.15) is 0 Å². The fourth-order valence-corrected chi connectivity index (χ4v) is 2.60. The summed E-state index contributed by atoms with van der Waals surface area (Å²) in [5.41, 5.74) is 0.949. The molecule has 7 heteroatoms. The molecule has 1 heterocycles. The molecule has 31 heavy (non-hydrogen) atoms. The molecule has 0 atom stereocenters. The van der Waals surface area contributed by atoms with Crippen LogP contribution in [0.15, 0.2) is 89.7 Å². The van der Waals surface area contributed by atoms with Crippen LogP contribution in [0.3, 0.4) is 0 Å². The van der Waals surface area contributed by atoms with Crippen LogP contribution in [-0.2, 0) is 4.79 Å². The monoisotopic (exact) mass is 418 g/mol. The number of hydrogen-bond donors (Lipinski definition) is 2. The minimum atomic E-state index is -0.502. The van der Waals surface area contributed by atoms with Crippen LogP contribution < -0.4 is 20.1 Å². The number of benzene rings is 2. The van der Waals surface area contributed by atoms with Gasteiger partial charge in [-0.15, -0.1) is 0 Å². The summed E-state index contributed by atoms with van der Waals surface area (Å²) in [6.07, 6.45) is 4.58. The molecule has 0 fully saturated rings. The molecular weight excluding hydrogens is 396 g/mol. The number of anilines is 1. The summed E-state index contributed by atoms with van der Waals surface area (Å²) < 4.78 is 15.8. The van der Waals surface area contributed by atoms with E-state index in [2.05, 4.69) is 17.2 Å². The number of rotatable bonds is 9. The Morgan fingerprint density at radius 2 is 1.74 bits per heavy atom. The number of ether oxygens (including phenoxy) is 2. The van der Waals surface area contributed by atoms with Crippen LogP contribution in [0.4, 0.5) is 5.69 Å². The van der Waals surface area contributed by atoms with Gasteiger partial charge in [-0.25, -0.2) is 0 Å². The second-order valence-corrected chi connectivity index (χ2v) is 6.33. The van der Waals surface area contributed by atoms with Crippen molar-refractivity contribution in [3.8, 4) is 11.5 Å². The van der Waals surface area contributed by atoms with Gasteiger partial charge in [0.05, 0.1) is 13.4 Å². The van der Waals surface area contributed by atoms with Crippen LogP contribution in [0.1, 0.15) is 16.1 Å². The Labute approximate surface area is 180 Å². The maximum Gasteiger partial charge on any atom is 0.272 e. The molecule has 0 unspecified atom stereocenters. The summed E-state index contributed by atoms with van der Waals surface area (Å²) in [5.74, 6) is 0.758. The molecule has 0 aliphatic heterocycles. The molecule has 2 aromatic carbocycles. The van der Waals surface area contributed by atoms with E-state index in [0.29, 0.717) is 35.1 Å². The first kappa shape index (κ1) is 21.4. The molecule has 0 aliphatic rings. The molecule has 0 saturated carbocycles. The van der Waals surface area contributed by atoms with Crippen LogP contribution in [0.25, 0.3) is 6.08 Å². The lowest BCUT2D eigenvalue weighted by Crippen LogP contribution is -2.30. The van der Waals surface area contributed by atoms with E-state index in [-0.39, 0.29) is 5.70 Å². The number of hydrogen-bond acceptors (Lipinski definition) is 5. The predicted molar refractivity (Wildman–Crippen MR) is 118 cm³/mol. The molecule has 2 N–H and O–H groups in total. The quantitative estimate of drug-likeness (QED) is 0.400. The first-order valence-electron chi connectivity index (χ1n) is 9.45. The lowest BCUT2D eigenvalue weighted by atomic mass is 10.2. The lowest BCUT2D eigenvalue weighted by Gasteiger charge is -2.12. The Balaban J connectivity index is 1.75. The van der Waals surface area contributed by atoms with E-state index >= 15 is 0 Å². The van der Waals surface area contributed by atoms with Gasteiger partial charge in [0.25, 0.3) is 11.8 Å². The van der Waals surface area contributed by atoms with E-state index in [9.17, 15) is 9.59 Å². The minimum absolute atomic E-state index is 0.0303. The van der Waals surface area contributed by atoms with E-state index in [1.165, 1.54) is 12.3 Å². The Kier molecular flexibility index (Phi) is 7.26. The maximum absolute atomic E-state index is 12.9. The zero-order valence-corrected chi connectivity index (χ0v) is 17.0. The number of amides is 2. The van der Waals surface area contributed by atoms with Crippen LogP contribution in [0.2, 0.25) is 0 Å². The Hall–Kier alpha value is -4.26. The number of furan rings is 1. The Bertz CT molecular complexity index is 1050. The molecule has 3 rings (SSSR count). The lowest BCUT2D eigenvalue weighted by molar-refractivity contribution is -0.113. The molecule has 158 valence electrons. The van der Waals surface area contributed by atoms with Crippen molar-refractivity contribution in [2.24, 2.45) is 0 Å². The van der Waals surface area contributed by atoms with Crippen LogP contribution >= 0.6 is 0 Å². The van der Waals surface area contributed by atoms with Crippen molar-refractivity contribution < 1.29 is 23.5 Å². The summed E-state index contributed by atoms with van der Waals surface area (Å²) >= 11 is 0. The summed E-state index contributed by atoms with van der Waals surface area (Å²) in [6.45, 7) is 3.99.